The van der Waals surface area contributed by atoms with Crippen LogP contribution >= 0.6 is 11.3 Å². The van der Waals surface area contributed by atoms with Gasteiger partial charge in [-0.1, -0.05) is 56.7 Å². The fourth-order valence-corrected chi connectivity index (χ4v) is 7.22. The first-order chi connectivity index (χ1) is 21.0. The van der Waals surface area contributed by atoms with Crippen molar-refractivity contribution in [3.05, 3.63) is 81.5 Å². The molecule has 1 aliphatic heterocycles. The highest BCUT2D eigenvalue weighted by Crippen LogP contribution is 2.38. The van der Waals surface area contributed by atoms with E-state index in [9.17, 15) is 19.2 Å². The molecule has 0 atom stereocenters. The molecule has 0 fully saturated rings. The predicted molar refractivity (Wildman–Crippen MR) is 168 cm³/mol. The van der Waals surface area contributed by atoms with Gasteiger partial charge in [0.25, 0.3) is 17.7 Å². The van der Waals surface area contributed by atoms with E-state index < -0.39 is 0 Å². The molecule has 3 heterocycles. The van der Waals surface area contributed by atoms with Crippen molar-refractivity contribution in [1.82, 2.24) is 15.2 Å². The monoisotopic (exact) mass is 600 g/mol. The minimum absolute atomic E-state index is 0.0342. The van der Waals surface area contributed by atoms with Gasteiger partial charge in [0, 0.05) is 36.8 Å². The highest BCUT2D eigenvalue weighted by molar-refractivity contribution is 7.17. The van der Waals surface area contributed by atoms with Crippen LogP contribution in [0.1, 0.15) is 118 Å². The second kappa shape index (κ2) is 15.0. The number of hydrogen-bond donors (Lipinski definition) is 2. The van der Waals surface area contributed by atoms with Crippen molar-refractivity contribution in [3.63, 3.8) is 0 Å². The van der Waals surface area contributed by atoms with E-state index in [1.54, 1.807) is 48.0 Å². The van der Waals surface area contributed by atoms with Gasteiger partial charge < -0.3 is 10.6 Å². The summed E-state index contributed by atoms with van der Waals surface area (Å²) in [6, 6.07) is 10.8. The Morgan fingerprint density at radius 2 is 1.51 bits per heavy atom. The van der Waals surface area contributed by atoms with E-state index in [-0.39, 0.29) is 23.6 Å². The van der Waals surface area contributed by atoms with Gasteiger partial charge in [0.2, 0.25) is 5.91 Å². The lowest BCUT2D eigenvalue weighted by molar-refractivity contribution is -0.116. The summed E-state index contributed by atoms with van der Waals surface area (Å²) in [5.41, 5.74) is 3.70. The van der Waals surface area contributed by atoms with Gasteiger partial charge in [-0.15, -0.1) is 11.3 Å². The number of fused-ring (bicyclic) bond motifs is 2. The molecule has 0 bridgehead atoms. The van der Waals surface area contributed by atoms with Crippen LogP contribution in [0.4, 0.5) is 5.00 Å². The average Bonchev–Trinajstić information content (AvgIpc) is 3.51. The number of hydrogen-bond acceptors (Lipinski definition) is 6. The SMILES string of the molecule is O=C(CCCCCCCCCCN1C(=O)c2ccccc2C1=O)Nc1sc2c(c1C(=O)NCc1cccnc1)CCCC2. The molecule has 0 unspecified atom stereocenters. The van der Waals surface area contributed by atoms with E-state index >= 15 is 0 Å². The van der Waals surface area contributed by atoms with Gasteiger partial charge in [0.15, 0.2) is 0 Å². The van der Waals surface area contributed by atoms with E-state index in [4.69, 9.17) is 0 Å². The molecule has 4 amide bonds. The number of thiophene rings is 1. The van der Waals surface area contributed by atoms with Crippen LogP contribution in [-0.2, 0) is 24.2 Å². The maximum absolute atomic E-state index is 13.2. The summed E-state index contributed by atoms with van der Waals surface area (Å²) in [7, 11) is 0. The summed E-state index contributed by atoms with van der Waals surface area (Å²) in [6.07, 6.45) is 15.9. The zero-order chi connectivity index (χ0) is 30.0. The van der Waals surface area contributed by atoms with Crippen molar-refractivity contribution in [1.29, 1.82) is 0 Å². The number of nitrogens with one attached hydrogen (secondary N) is 2. The predicted octanol–water partition coefficient (Wildman–Crippen LogP) is 6.70. The summed E-state index contributed by atoms with van der Waals surface area (Å²) < 4.78 is 0. The number of amides is 4. The summed E-state index contributed by atoms with van der Waals surface area (Å²) in [5.74, 6) is -0.525. The molecule has 2 aromatic heterocycles. The summed E-state index contributed by atoms with van der Waals surface area (Å²) >= 11 is 1.56. The molecular weight excluding hydrogens is 560 g/mol. The minimum atomic E-state index is -0.177. The Hall–Kier alpha value is -3.85. The van der Waals surface area contributed by atoms with E-state index in [0.717, 1.165) is 88.2 Å². The summed E-state index contributed by atoms with van der Waals surface area (Å²) in [5, 5.41) is 6.76. The van der Waals surface area contributed by atoms with Gasteiger partial charge in [-0.3, -0.25) is 29.1 Å². The Morgan fingerprint density at radius 1 is 0.837 bits per heavy atom. The number of carbonyl (C=O) groups is 4. The molecule has 1 aromatic carbocycles. The molecule has 3 aromatic rings. The lowest BCUT2D eigenvalue weighted by Gasteiger charge is -2.13. The molecule has 1 aliphatic carbocycles. The van der Waals surface area contributed by atoms with Crippen LogP contribution < -0.4 is 10.6 Å². The van der Waals surface area contributed by atoms with Crippen LogP contribution in [0.15, 0.2) is 48.8 Å². The summed E-state index contributed by atoms with van der Waals surface area (Å²) in [6.45, 7) is 0.875. The lowest BCUT2D eigenvalue weighted by atomic mass is 9.95. The van der Waals surface area contributed by atoms with Crippen LogP contribution in [0.3, 0.4) is 0 Å². The first-order valence-corrected chi connectivity index (χ1v) is 16.4. The molecule has 5 rings (SSSR count). The molecule has 2 N–H and O–H groups in total. The highest BCUT2D eigenvalue weighted by atomic mass is 32.1. The van der Waals surface area contributed by atoms with Gasteiger partial charge in [-0.25, -0.2) is 0 Å². The Bertz CT molecular complexity index is 1420. The molecule has 8 nitrogen and oxygen atoms in total. The average molecular weight is 601 g/mol. The van der Waals surface area contributed by atoms with Gasteiger partial charge >= 0.3 is 0 Å². The lowest BCUT2D eigenvalue weighted by Crippen LogP contribution is -2.30. The third kappa shape index (κ3) is 7.76. The van der Waals surface area contributed by atoms with E-state index in [1.165, 1.54) is 9.78 Å². The number of pyridine rings is 1. The van der Waals surface area contributed by atoms with Gasteiger partial charge in [0.1, 0.15) is 5.00 Å². The van der Waals surface area contributed by atoms with Crippen LogP contribution in [0, 0.1) is 0 Å². The second-order valence-electron chi connectivity index (χ2n) is 11.4. The Kier molecular flexibility index (Phi) is 10.7. The fraction of sp³-hybridized carbons (Fsp3) is 0.441. The quantitative estimate of drug-likeness (QED) is 0.149. The minimum Gasteiger partial charge on any atom is -0.348 e. The zero-order valence-electron chi connectivity index (χ0n) is 24.7. The number of aromatic nitrogens is 1. The normalized spacial score (nSPS) is 14.0. The number of unbranched alkanes of at least 4 members (excludes halogenated alkanes) is 7. The maximum atomic E-state index is 13.2. The van der Waals surface area contributed by atoms with Crippen molar-refractivity contribution in [3.8, 4) is 0 Å². The van der Waals surface area contributed by atoms with Gasteiger partial charge in [-0.05, 0) is 67.9 Å². The number of imide groups is 1. The molecule has 2 aliphatic rings. The first kappa shape index (κ1) is 30.6. The zero-order valence-corrected chi connectivity index (χ0v) is 25.5. The molecule has 0 spiro atoms. The smallest absolute Gasteiger partial charge is 0.261 e. The van der Waals surface area contributed by atoms with Crippen molar-refractivity contribution < 1.29 is 19.2 Å². The van der Waals surface area contributed by atoms with Crippen LogP contribution in [0.5, 0.6) is 0 Å². The largest absolute Gasteiger partial charge is 0.348 e. The van der Waals surface area contributed by atoms with Crippen molar-refractivity contribution in [2.45, 2.75) is 90.0 Å². The standard InChI is InChI=1S/C34H40N4O4S/c39-29(19-7-5-3-1-2-4-6-12-21-38-33(41)25-15-8-9-16-26(25)34(38)42)37-32-30(27-17-10-11-18-28(27)43-32)31(40)36-23-24-14-13-20-35-22-24/h8-9,13-16,20,22H,1-7,10-12,17-19,21,23H2,(H,36,40)(H,37,39). The van der Waals surface area contributed by atoms with Crippen LogP contribution in [0.2, 0.25) is 0 Å². The fourth-order valence-electron chi connectivity index (χ4n) is 5.92. The highest BCUT2D eigenvalue weighted by Gasteiger charge is 2.34. The van der Waals surface area contributed by atoms with Crippen LogP contribution in [-0.4, -0.2) is 40.1 Å². The molecule has 43 heavy (non-hydrogen) atoms. The Balaban J connectivity index is 0.973. The van der Waals surface area contributed by atoms with Crippen molar-refractivity contribution in [2.75, 3.05) is 11.9 Å². The molecular formula is C34H40N4O4S. The molecule has 0 saturated heterocycles. The maximum Gasteiger partial charge on any atom is 0.261 e. The molecule has 0 saturated carbocycles. The van der Waals surface area contributed by atoms with Crippen molar-refractivity contribution in [2.24, 2.45) is 0 Å². The van der Waals surface area contributed by atoms with Crippen LogP contribution in [0.25, 0.3) is 0 Å². The number of benzene rings is 1. The number of rotatable bonds is 15. The number of aryl methyl sites for hydroxylation is 1. The van der Waals surface area contributed by atoms with E-state index in [0.29, 0.717) is 41.2 Å². The van der Waals surface area contributed by atoms with E-state index in [2.05, 4.69) is 15.6 Å². The molecule has 0 radical (unpaired) electrons. The topological polar surface area (TPSA) is 108 Å². The molecule has 9 heteroatoms. The first-order valence-electron chi connectivity index (χ1n) is 15.6. The van der Waals surface area contributed by atoms with Gasteiger partial charge in [-0.2, -0.15) is 0 Å². The Labute approximate surface area is 257 Å². The van der Waals surface area contributed by atoms with E-state index in [1.807, 2.05) is 12.1 Å². The Morgan fingerprint density at radius 3 is 2.21 bits per heavy atom. The summed E-state index contributed by atoms with van der Waals surface area (Å²) in [4.78, 5) is 57.6. The molecule has 226 valence electrons. The second-order valence-corrected chi connectivity index (χ2v) is 12.5. The third-order valence-corrected chi connectivity index (χ3v) is 9.45. The number of nitrogens with zero attached hydrogens (tertiary/aromatic N) is 2. The van der Waals surface area contributed by atoms with Crippen molar-refractivity contribution >= 4 is 40.0 Å². The number of anilines is 1. The van der Waals surface area contributed by atoms with Gasteiger partial charge in [0.05, 0.1) is 16.7 Å². The number of carbonyl (C=O) groups excluding carboxylic acids is 4. The third-order valence-electron chi connectivity index (χ3n) is 8.24.